The van der Waals surface area contributed by atoms with Crippen LogP contribution in [0.1, 0.15) is 16.8 Å². The SMILES string of the molecule is COc1cc(N)c(Cl)cc1C(=O)N[C@H]1CCN(CCn2c(=O)[nH]c3ccccc3c2=O)C[C@H]1OC. The van der Waals surface area contributed by atoms with Crippen molar-refractivity contribution in [2.45, 2.75) is 25.1 Å². The minimum absolute atomic E-state index is 0.239. The number of carbonyl (C=O) groups excluding carboxylic acids is 1. The number of benzene rings is 2. The van der Waals surface area contributed by atoms with E-state index < -0.39 is 5.69 Å². The lowest BCUT2D eigenvalue weighted by molar-refractivity contribution is 0.00537. The highest BCUT2D eigenvalue weighted by atomic mass is 35.5. The number of ether oxygens (including phenoxy) is 2. The van der Waals surface area contributed by atoms with Crippen molar-refractivity contribution in [1.82, 2.24) is 19.8 Å². The number of nitrogens with zero attached hydrogens (tertiary/aromatic N) is 2. The number of amides is 1. The molecule has 4 N–H and O–H groups in total. The van der Waals surface area contributed by atoms with Crippen LogP contribution in [0.5, 0.6) is 5.75 Å². The van der Waals surface area contributed by atoms with Gasteiger partial charge in [-0.25, -0.2) is 4.79 Å². The number of para-hydroxylation sites is 1. The van der Waals surface area contributed by atoms with Gasteiger partial charge in [0.05, 0.1) is 46.4 Å². The van der Waals surface area contributed by atoms with Crippen LogP contribution in [-0.2, 0) is 11.3 Å². The van der Waals surface area contributed by atoms with E-state index in [2.05, 4.69) is 15.2 Å². The van der Waals surface area contributed by atoms with E-state index in [9.17, 15) is 14.4 Å². The van der Waals surface area contributed by atoms with E-state index >= 15 is 0 Å². The van der Waals surface area contributed by atoms with E-state index in [1.807, 2.05) is 0 Å². The molecular weight excluding hydrogens is 474 g/mol. The summed E-state index contributed by atoms with van der Waals surface area (Å²) in [6.07, 6.45) is 0.340. The first-order valence-corrected chi connectivity index (χ1v) is 11.6. The fourth-order valence-corrected chi connectivity index (χ4v) is 4.56. The zero-order chi connectivity index (χ0) is 25.1. The number of halogens is 1. The van der Waals surface area contributed by atoms with Crippen molar-refractivity contribution in [3.8, 4) is 5.75 Å². The summed E-state index contributed by atoms with van der Waals surface area (Å²) in [6, 6.07) is 9.71. The highest BCUT2D eigenvalue weighted by Gasteiger charge is 2.31. The Morgan fingerprint density at radius 2 is 2.00 bits per heavy atom. The molecule has 0 unspecified atom stereocenters. The average Bonchev–Trinajstić information content (AvgIpc) is 2.85. The minimum Gasteiger partial charge on any atom is -0.496 e. The van der Waals surface area contributed by atoms with Crippen molar-refractivity contribution in [1.29, 1.82) is 0 Å². The number of carbonyl (C=O) groups is 1. The van der Waals surface area contributed by atoms with Gasteiger partial charge in [-0.15, -0.1) is 0 Å². The first-order valence-electron chi connectivity index (χ1n) is 11.2. The van der Waals surface area contributed by atoms with E-state index in [1.54, 1.807) is 31.4 Å². The molecule has 0 radical (unpaired) electrons. The van der Waals surface area contributed by atoms with E-state index in [0.29, 0.717) is 54.0 Å². The van der Waals surface area contributed by atoms with Crippen LogP contribution < -0.4 is 27.0 Å². The van der Waals surface area contributed by atoms with Crippen LogP contribution in [-0.4, -0.2) is 66.4 Å². The fourth-order valence-electron chi connectivity index (χ4n) is 4.39. The molecule has 186 valence electrons. The highest BCUT2D eigenvalue weighted by Crippen LogP contribution is 2.29. The summed E-state index contributed by atoms with van der Waals surface area (Å²) in [5.41, 5.74) is 6.20. The van der Waals surface area contributed by atoms with Crippen LogP contribution in [0.25, 0.3) is 10.9 Å². The largest absolute Gasteiger partial charge is 0.496 e. The summed E-state index contributed by atoms with van der Waals surface area (Å²) in [6.45, 7) is 1.92. The molecule has 2 heterocycles. The van der Waals surface area contributed by atoms with Crippen molar-refractivity contribution in [2.24, 2.45) is 0 Å². The van der Waals surface area contributed by atoms with Gasteiger partial charge in [0.1, 0.15) is 5.75 Å². The number of fused-ring (bicyclic) bond motifs is 1. The number of likely N-dealkylation sites (tertiary alicyclic amines) is 1. The quantitative estimate of drug-likeness (QED) is 0.417. The summed E-state index contributed by atoms with van der Waals surface area (Å²) in [4.78, 5) is 43.0. The maximum atomic E-state index is 13.0. The predicted molar refractivity (Wildman–Crippen MR) is 134 cm³/mol. The lowest BCUT2D eigenvalue weighted by Gasteiger charge is -2.38. The molecule has 1 aliphatic rings. The molecule has 1 fully saturated rings. The van der Waals surface area contributed by atoms with Gasteiger partial charge in [-0.05, 0) is 24.6 Å². The molecule has 2 aromatic carbocycles. The number of piperidine rings is 1. The third kappa shape index (κ3) is 5.19. The van der Waals surface area contributed by atoms with Crippen LogP contribution in [0.15, 0.2) is 46.0 Å². The molecule has 4 rings (SSSR count). The van der Waals surface area contributed by atoms with Crippen molar-refractivity contribution in [3.05, 3.63) is 67.8 Å². The first kappa shape index (κ1) is 24.8. The van der Waals surface area contributed by atoms with Gasteiger partial charge >= 0.3 is 5.69 Å². The second-order valence-corrected chi connectivity index (χ2v) is 8.86. The van der Waals surface area contributed by atoms with Gasteiger partial charge in [0.15, 0.2) is 0 Å². The topological polar surface area (TPSA) is 132 Å². The Bertz CT molecular complexity index is 1350. The maximum absolute atomic E-state index is 13.0. The number of methoxy groups -OCH3 is 2. The summed E-state index contributed by atoms with van der Waals surface area (Å²) in [5, 5.41) is 3.75. The number of rotatable bonds is 7. The molecule has 1 aromatic heterocycles. The predicted octanol–water partition coefficient (Wildman–Crippen LogP) is 1.45. The minimum atomic E-state index is -0.435. The number of hydrogen-bond acceptors (Lipinski definition) is 7. The first-order chi connectivity index (χ1) is 16.8. The van der Waals surface area contributed by atoms with Gasteiger partial charge < -0.3 is 25.5 Å². The zero-order valence-corrected chi connectivity index (χ0v) is 20.3. The number of nitrogens with two attached hydrogens (primary N) is 1. The van der Waals surface area contributed by atoms with E-state index in [4.69, 9.17) is 26.8 Å². The van der Waals surface area contributed by atoms with Gasteiger partial charge in [0.25, 0.3) is 11.5 Å². The molecule has 0 spiro atoms. The van der Waals surface area contributed by atoms with Crippen molar-refractivity contribution < 1.29 is 14.3 Å². The van der Waals surface area contributed by atoms with Gasteiger partial charge in [-0.3, -0.25) is 19.1 Å². The van der Waals surface area contributed by atoms with E-state index in [1.165, 1.54) is 23.8 Å². The van der Waals surface area contributed by atoms with Gasteiger partial charge in [0.2, 0.25) is 0 Å². The molecule has 0 saturated carbocycles. The Balaban J connectivity index is 1.42. The molecular formula is C24H28ClN5O5. The second-order valence-electron chi connectivity index (χ2n) is 8.45. The molecule has 1 aliphatic heterocycles. The third-order valence-corrected chi connectivity index (χ3v) is 6.68. The van der Waals surface area contributed by atoms with Crippen molar-refractivity contribution in [2.75, 3.05) is 39.6 Å². The Morgan fingerprint density at radius 1 is 1.23 bits per heavy atom. The van der Waals surface area contributed by atoms with Crippen LogP contribution in [0, 0.1) is 0 Å². The van der Waals surface area contributed by atoms with Crippen LogP contribution in [0.2, 0.25) is 5.02 Å². The Labute approximate surface area is 206 Å². The Hall–Kier alpha value is -3.34. The second kappa shape index (κ2) is 10.5. The summed E-state index contributed by atoms with van der Waals surface area (Å²) >= 11 is 6.10. The number of aromatic amines is 1. The lowest BCUT2D eigenvalue weighted by atomic mass is 10.0. The molecule has 35 heavy (non-hydrogen) atoms. The van der Waals surface area contributed by atoms with Crippen LogP contribution in [0.4, 0.5) is 5.69 Å². The molecule has 3 aromatic rings. The summed E-state index contributed by atoms with van der Waals surface area (Å²) in [7, 11) is 3.05. The molecule has 1 saturated heterocycles. The molecule has 0 bridgehead atoms. The van der Waals surface area contributed by atoms with Crippen molar-refractivity contribution in [3.63, 3.8) is 0 Å². The van der Waals surface area contributed by atoms with E-state index in [-0.39, 0.29) is 35.2 Å². The van der Waals surface area contributed by atoms with Gasteiger partial charge in [-0.1, -0.05) is 23.7 Å². The van der Waals surface area contributed by atoms with Crippen molar-refractivity contribution >= 4 is 34.1 Å². The smallest absolute Gasteiger partial charge is 0.328 e. The third-order valence-electron chi connectivity index (χ3n) is 6.36. The monoisotopic (exact) mass is 501 g/mol. The lowest BCUT2D eigenvalue weighted by Crippen LogP contribution is -2.55. The Kier molecular flexibility index (Phi) is 7.44. The number of nitrogen functional groups attached to an aromatic ring is 1. The molecule has 1 amide bonds. The normalized spacial score (nSPS) is 18.5. The number of nitrogens with one attached hydrogen (secondary N) is 2. The van der Waals surface area contributed by atoms with Gasteiger partial charge in [-0.2, -0.15) is 0 Å². The van der Waals surface area contributed by atoms with E-state index in [0.717, 1.165) is 0 Å². The average molecular weight is 502 g/mol. The standard InChI is InChI=1S/C24H28ClN5O5/c1-34-20-12-17(26)16(25)11-15(20)22(31)27-19-7-8-29(13-21(19)35-2)9-10-30-23(32)14-5-3-4-6-18(14)28-24(30)33/h3-6,11-12,19,21H,7-10,13,26H2,1-2H3,(H,27,31)(H,28,33)/t19-,21+/m0/s1. The fraction of sp³-hybridized carbons (Fsp3) is 0.375. The maximum Gasteiger partial charge on any atom is 0.328 e. The van der Waals surface area contributed by atoms with Gasteiger partial charge in [0, 0.05) is 39.4 Å². The number of H-pyrrole nitrogens is 1. The number of anilines is 1. The molecule has 0 aliphatic carbocycles. The Morgan fingerprint density at radius 3 is 2.74 bits per heavy atom. The summed E-state index contributed by atoms with van der Waals surface area (Å²) < 4.78 is 12.2. The molecule has 11 heteroatoms. The zero-order valence-electron chi connectivity index (χ0n) is 19.5. The molecule has 2 atom stereocenters. The van der Waals surface area contributed by atoms with Crippen LogP contribution in [0.3, 0.4) is 0 Å². The highest BCUT2D eigenvalue weighted by molar-refractivity contribution is 6.33. The number of aromatic nitrogens is 2. The van der Waals surface area contributed by atoms with Crippen LogP contribution >= 0.6 is 11.6 Å². The molecule has 10 nitrogen and oxygen atoms in total. The number of hydrogen-bond donors (Lipinski definition) is 3. The summed E-state index contributed by atoms with van der Waals surface area (Å²) in [5.74, 6) is 0.000325.